The van der Waals surface area contributed by atoms with Gasteiger partial charge in [-0.2, -0.15) is 0 Å². The van der Waals surface area contributed by atoms with Crippen LogP contribution in [-0.2, 0) is 0 Å². The zero-order valence-electron chi connectivity index (χ0n) is 12.1. The van der Waals surface area contributed by atoms with Crippen molar-refractivity contribution < 1.29 is 0 Å². The third kappa shape index (κ3) is 3.51. The van der Waals surface area contributed by atoms with Crippen LogP contribution in [-0.4, -0.2) is 9.97 Å². The topological polar surface area (TPSA) is 51.8 Å². The number of benzene rings is 2. The number of nitrogens with zero attached hydrogens (tertiary/aromatic N) is 2. The molecule has 2 aromatic heterocycles. The maximum absolute atomic E-state index is 5.80. The normalized spacial score (nSPS) is 10.3. The second kappa shape index (κ2) is 7.06. The minimum absolute atomic E-state index is 0.779. The van der Waals surface area contributed by atoms with Crippen LogP contribution < -0.4 is 5.73 Å². The number of aromatic nitrogens is 2. The Kier molecular flexibility index (Phi) is 4.88. The summed E-state index contributed by atoms with van der Waals surface area (Å²) in [5.74, 6) is 0. The highest BCUT2D eigenvalue weighted by atomic mass is 79.9. The van der Waals surface area contributed by atoms with Crippen LogP contribution in [0.4, 0.5) is 5.69 Å². The lowest BCUT2D eigenvalue weighted by Crippen LogP contribution is -1.87. The Balaban J connectivity index is 0.000000136. The van der Waals surface area contributed by atoms with Crippen LogP contribution in [0.3, 0.4) is 0 Å². The van der Waals surface area contributed by atoms with Crippen LogP contribution in [0.15, 0.2) is 76.2 Å². The lowest BCUT2D eigenvalue weighted by atomic mass is 10.1. The van der Waals surface area contributed by atoms with Gasteiger partial charge in [0, 0.05) is 55.6 Å². The Bertz CT molecular complexity index is 928. The van der Waals surface area contributed by atoms with Gasteiger partial charge in [-0.25, -0.2) is 0 Å². The number of fused-ring (bicyclic) bond motifs is 2. The molecule has 3 nitrogen and oxygen atoms in total. The molecule has 0 aliphatic carbocycles. The lowest BCUT2D eigenvalue weighted by molar-refractivity contribution is 1.35. The predicted octanol–water partition coefficient (Wildman–Crippen LogP) is 5.58. The maximum Gasteiger partial charge on any atom is 0.0457 e. The summed E-state index contributed by atoms with van der Waals surface area (Å²) < 4.78 is 1.99. The van der Waals surface area contributed by atoms with Crippen LogP contribution in [0, 0.1) is 0 Å². The molecular formula is C18H13Br2N3. The fourth-order valence-electron chi connectivity index (χ4n) is 2.30. The second-order valence-corrected chi connectivity index (χ2v) is 6.62. The van der Waals surface area contributed by atoms with E-state index in [9.17, 15) is 0 Å². The van der Waals surface area contributed by atoms with Gasteiger partial charge in [-0.15, -0.1) is 0 Å². The zero-order valence-corrected chi connectivity index (χ0v) is 15.3. The molecule has 0 radical (unpaired) electrons. The highest BCUT2D eigenvalue weighted by molar-refractivity contribution is 9.11. The molecule has 114 valence electrons. The molecule has 2 heterocycles. The number of pyridine rings is 2. The van der Waals surface area contributed by atoms with Gasteiger partial charge < -0.3 is 5.73 Å². The molecular weight excluding hydrogens is 418 g/mol. The molecule has 0 aliphatic rings. The van der Waals surface area contributed by atoms with Gasteiger partial charge in [-0.1, -0.05) is 36.4 Å². The molecule has 0 amide bonds. The van der Waals surface area contributed by atoms with Crippen LogP contribution in [0.1, 0.15) is 0 Å². The van der Waals surface area contributed by atoms with Crippen molar-refractivity contribution in [2.24, 2.45) is 0 Å². The van der Waals surface area contributed by atoms with Crippen molar-refractivity contribution in [1.82, 2.24) is 9.97 Å². The van der Waals surface area contributed by atoms with E-state index in [0.717, 1.165) is 25.4 Å². The van der Waals surface area contributed by atoms with Crippen LogP contribution in [0.5, 0.6) is 0 Å². The molecule has 23 heavy (non-hydrogen) atoms. The summed E-state index contributed by atoms with van der Waals surface area (Å²) in [6.07, 6.45) is 7.22. The Morgan fingerprint density at radius 2 is 1.35 bits per heavy atom. The summed E-state index contributed by atoms with van der Waals surface area (Å²) in [4.78, 5) is 8.12. The van der Waals surface area contributed by atoms with Crippen molar-refractivity contribution in [3.8, 4) is 0 Å². The van der Waals surface area contributed by atoms with E-state index >= 15 is 0 Å². The number of hydrogen-bond acceptors (Lipinski definition) is 3. The molecule has 2 aromatic carbocycles. The third-order valence-corrected chi connectivity index (χ3v) is 4.62. The summed E-state index contributed by atoms with van der Waals surface area (Å²) in [5, 5.41) is 4.47. The van der Waals surface area contributed by atoms with Gasteiger partial charge in [0.05, 0.1) is 0 Å². The molecule has 0 saturated carbocycles. The molecule has 5 heteroatoms. The lowest BCUT2D eigenvalue weighted by Gasteiger charge is -2.02. The molecule has 2 N–H and O–H groups in total. The summed E-state index contributed by atoms with van der Waals surface area (Å²) >= 11 is 6.84. The highest BCUT2D eigenvalue weighted by Crippen LogP contribution is 2.27. The Morgan fingerprint density at radius 3 is 2.09 bits per heavy atom. The maximum atomic E-state index is 5.80. The third-order valence-electron chi connectivity index (χ3n) is 3.39. The standard InChI is InChI=1S/C9H7BrN2.C9H6BrN/c10-7-5-12-4-6-2-1-3-8(11)9(6)7;10-9-6-11-5-7-3-1-2-4-8(7)9/h1-5H,11H2;1-6H. The SMILES string of the molecule is Brc1cncc2ccccc12.Nc1cccc2cncc(Br)c12. The molecule has 4 aromatic rings. The van der Waals surface area contributed by atoms with Crippen LogP contribution >= 0.6 is 31.9 Å². The monoisotopic (exact) mass is 429 g/mol. The van der Waals surface area contributed by atoms with Crippen LogP contribution in [0.25, 0.3) is 21.5 Å². The minimum atomic E-state index is 0.779. The number of hydrogen-bond donors (Lipinski definition) is 1. The van der Waals surface area contributed by atoms with E-state index in [1.54, 1.807) is 12.4 Å². The zero-order chi connectivity index (χ0) is 16.2. The smallest absolute Gasteiger partial charge is 0.0457 e. The second-order valence-electron chi connectivity index (χ2n) is 4.91. The quantitative estimate of drug-likeness (QED) is 0.370. The van der Waals surface area contributed by atoms with Crippen molar-refractivity contribution in [1.29, 1.82) is 0 Å². The van der Waals surface area contributed by atoms with Crippen molar-refractivity contribution in [3.05, 3.63) is 76.2 Å². The summed E-state index contributed by atoms with van der Waals surface area (Å²) in [5.41, 5.74) is 6.58. The number of halogens is 2. The van der Waals surface area contributed by atoms with Gasteiger partial charge >= 0.3 is 0 Å². The molecule has 0 saturated heterocycles. The van der Waals surface area contributed by atoms with E-state index in [-0.39, 0.29) is 0 Å². The number of rotatable bonds is 0. The number of anilines is 1. The molecule has 0 aliphatic heterocycles. The largest absolute Gasteiger partial charge is 0.398 e. The van der Waals surface area contributed by atoms with E-state index in [2.05, 4.69) is 47.9 Å². The first-order valence-corrected chi connectivity index (χ1v) is 8.51. The van der Waals surface area contributed by atoms with Gasteiger partial charge in [0.1, 0.15) is 0 Å². The average Bonchev–Trinajstić information content (AvgIpc) is 2.56. The first kappa shape index (κ1) is 15.9. The Hall–Kier alpha value is -1.98. The summed E-state index contributed by atoms with van der Waals surface area (Å²) in [6, 6.07) is 13.9. The summed E-state index contributed by atoms with van der Waals surface area (Å²) in [6.45, 7) is 0. The van der Waals surface area contributed by atoms with E-state index in [0.29, 0.717) is 0 Å². The fraction of sp³-hybridized carbons (Fsp3) is 0. The first-order chi connectivity index (χ1) is 11.2. The van der Waals surface area contributed by atoms with Gasteiger partial charge in [-0.05, 0) is 43.3 Å². The molecule has 0 bridgehead atoms. The van der Waals surface area contributed by atoms with E-state index in [4.69, 9.17) is 5.73 Å². The van der Waals surface area contributed by atoms with Crippen molar-refractivity contribution >= 4 is 59.1 Å². The molecule has 0 atom stereocenters. The van der Waals surface area contributed by atoms with Gasteiger partial charge in [0.2, 0.25) is 0 Å². The van der Waals surface area contributed by atoms with Crippen molar-refractivity contribution in [2.75, 3.05) is 5.73 Å². The fourth-order valence-corrected chi connectivity index (χ4v) is 3.35. The van der Waals surface area contributed by atoms with Gasteiger partial charge in [0.15, 0.2) is 0 Å². The minimum Gasteiger partial charge on any atom is -0.398 e. The van der Waals surface area contributed by atoms with E-state index in [1.165, 1.54) is 10.8 Å². The van der Waals surface area contributed by atoms with Gasteiger partial charge in [0.25, 0.3) is 0 Å². The average molecular weight is 431 g/mol. The molecule has 0 fully saturated rings. The van der Waals surface area contributed by atoms with Crippen LogP contribution in [0.2, 0.25) is 0 Å². The first-order valence-electron chi connectivity index (χ1n) is 6.93. The summed E-state index contributed by atoms with van der Waals surface area (Å²) in [7, 11) is 0. The molecule has 4 rings (SSSR count). The van der Waals surface area contributed by atoms with Crippen molar-refractivity contribution in [2.45, 2.75) is 0 Å². The Morgan fingerprint density at radius 1 is 0.696 bits per heavy atom. The van der Waals surface area contributed by atoms with Gasteiger partial charge in [-0.3, -0.25) is 9.97 Å². The Labute approximate surface area is 150 Å². The van der Waals surface area contributed by atoms with E-state index < -0.39 is 0 Å². The number of nitrogens with two attached hydrogens (primary N) is 1. The van der Waals surface area contributed by atoms with E-state index in [1.807, 2.05) is 48.8 Å². The highest BCUT2D eigenvalue weighted by Gasteiger charge is 2.00. The molecule has 0 unspecified atom stereocenters. The molecule has 0 spiro atoms. The number of nitrogen functional groups attached to an aromatic ring is 1. The van der Waals surface area contributed by atoms with Crippen molar-refractivity contribution in [3.63, 3.8) is 0 Å². The predicted molar refractivity (Wildman–Crippen MR) is 103 cm³/mol.